The summed E-state index contributed by atoms with van der Waals surface area (Å²) in [6.45, 7) is 8.37. The minimum absolute atomic E-state index is 0.537. The summed E-state index contributed by atoms with van der Waals surface area (Å²) in [5, 5.41) is 8.96. The maximum absolute atomic E-state index is 10.9. The van der Waals surface area contributed by atoms with Gasteiger partial charge in [0.05, 0.1) is 0 Å². The maximum Gasteiger partial charge on any atom is 0.331 e. The van der Waals surface area contributed by atoms with Gasteiger partial charge in [0.25, 0.3) is 0 Å². The second-order valence-electron chi connectivity index (χ2n) is 5.43. The van der Waals surface area contributed by atoms with Crippen molar-refractivity contribution in [3.8, 4) is 0 Å². The molecule has 1 heterocycles. The highest BCUT2D eigenvalue weighted by Gasteiger charge is 2.26. The number of carbonyl (C=O) groups is 1. The van der Waals surface area contributed by atoms with Gasteiger partial charge in [0.1, 0.15) is 0 Å². The molecule has 0 amide bonds. The number of hydrogen-bond acceptors (Lipinski definition) is 3. The standard InChI is InChI=1S/C14H24N2O2/c1-2-13(14(17)18)5-6-15-7-9-16(10-8-15)11-12-3-4-12/h5,12H,2-4,6-11H2,1H3,(H,17,18). The van der Waals surface area contributed by atoms with Gasteiger partial charge >= 0.3 is 5.97 Å². The van der Waals surface area contributed by atoms with Gasteiger partial charge in [0.2, 0.25) is 0 Å². The van der Waals surface area contributed by atoms with Crippen molar-refractivity contribution >= 4 is 5.97 Å². The van der Waals surface area contributed by atoms with Crippen LogP contribution in [0.4, 0.5) is 0 Å². The molecule has 1 aliphatic carbocycles. The van der Waals surface area contributed by atoms with Crippen molar-refractivity contribution in [2.24, 2.45) is 5.92 Å². The summed E-state index contributed by atoms with van der Waals surface area (Å²) < 4.78 is 0. The van der Waals surface area contributed by atoms with Crippen molar-refractivity contribution in [2.45, 2.75) is 26.2 Å². The van der Waals surface area contributed by atoms with E-state index >= 15 is 0 Å². The largest absolute Gasteiger partial charge is 0.478 e. The van der Waals surface area contributed by atoms with Crippen LogP contribution in [-0.4, -0.2) is 60.1 Å². The molecule has 0 aromatic rings. The second kappa shape index (κ2) is 6.34. The molecule has 2 rings (SSSR count). The first-order valence-corrected chi connectivity index (χ1v) is 7.06. The van der Waals surface area contributed by atoms with E-state index in [0.29, 0.717) is 12.0 Å². The molecule has 0 bridgehead atoms. The van der Waals surface area contributed by atoms with E-state index in [9.17, 15) is 4.79 Å². The molecule has 1 aliphatic heterocycles. The van der Waals surface area contributed by atoms with Crippen LogP contribution in [0.25, 0.3) is 0 Å². The lowest BCUT2D eigenvalue weighted by Gasteiger charge is -2.34. The van der Waals surface area contributed by atoms with Gasteiger partial charge in [0, 0.05) is 44.8 Å². The van der Waals surface area contributed by atoms with Crippen molar-refractivity contribution in [3.05, 3.63) is 11.6 Å². The monoisotopic (exact) mass is 252 g/mol. The Bertz CT molecular complexity index is 316. The molecule has 102 valence electrons. The van der Waals surface area contributed by atoms with E-state index in [1.807, 2.05) is 13.0 Å². The molecule has 4 heteroatoms. The Labute approximate surface area is 109 Å². The lowest BCUT2D eigenvalue weighted by molar-refractivity contribution is -0.132. The molecule has 0 radical (unpaired) electrons. The van der Waals surface area contributed by atoms with Crippen LogP contribution in [0.5, 0.6) is 0 Å². The molecule has 0 unspecified atom stereocenters. The van der Waals surface area contributed by atoms with Crippen molar-refractivity contribution in [1.29, 1.82) is 0 Å². The van der Waals surface area contributed by atoms with E-state index in [1.165, 1.54) is 19.4 Å². The summed E-state index contributed by atoms with van der Waals surface area (Å²) >= 11 is 0. The zero-order valence-electron chi connectivity index (χ0n) is 11.3. The van der Waals surface area contributed by atoms with Crippen LogP contribution in [0.15, 0.2) is 11.6 Å². The highest BCUT2D eigenvalue weighted by Crippen LogP contribution is 2.29. The molecule has 1 N–H and O–H groups in total. The first-order valence-electron chi connectivity index (χ1n) is 7.06. The van der Waals surface area contributed by atoms with Gasteiger partial charge in [-0.05, 0) is 25.2 Å². The van der Waals surface area contributed by atoms with Gasteiger partial charge in [-0.25, -0.2) is 4.79 Å². The average molecular weight is 252 g/mol. The molecule has 0 aromatic carbocycles. The third-order valence-electron chi connectivity index (χ3n) is 3.93. The summed E-state index contributed by atoms with van der Waals surface area (Å²) in [6, 6.07) is 0. The molecule has 0 spiro atoms. The van der Waals surface area contributed by atoms with Crippen LogP contribution in [0.2, 0.25) is 0 Å². The van der Waals surface area contributed by atoms with Gasteiger partial charge < -0.3 is 10.0 Å². The van der Waals surface area contributed by atoms with Crippen LogP contribution < -0.4 is 0 Å². The van der Waals surface area contributed by atoms with Crippen LogP contribution >= 0.6 is 0 Å². The normalized spacial score (nSPS) is 23.3. The summed E-state index contributed by atoms with van der Waals surface area (Å²) in [4.78, 5) is 15.8. The number of nitrogens with zero attached hydrogens (tertiary/aromatic N) is 2. The Morgan fingerprint density at radius 3 is 2.33 bits per heavy atom. The molecule has 2 aliphatic rings. The Hall–Kier alpha value is -0.870. The SMILES string of the molecule is CCC(=CCN1CCN(CC2CC2)CC1)C(=O)O. The second-order valence-corrected chi connectivity index (χ2v) is 5.43. The lowest BCUT2D eigenvalue weighted by Crippen LogP contribution is -2.46. The summed E-state index contributed by atoms with van der Waals surface area (Å²) in [5.74, 6) is 0.194. The number of piperazine rings is 1. The molecule has 1 saturated heterocycles. The zero-order valence-corrected chi connectivity index (χ0v) is 11.3. The van der Waals surface area contributed by atoms with Gasteiger partial charge in [0.15, 0.2) is 0 Å². The molecule has 0 aromatic heterocycles. The van der Waals surface area contributed by atoms with Crippen LogP contribution in [0.3, 0.4) is 0 Å². The molecular formula is C14H24N2O2. The summed E-state index contributed by atoms with van der Waals surface area (Å²) in [5.41, 5.74) is 0.537. The van der Waals surface area contributed by atoms with Crippen molar-refractivity contribution in [3.63, 3.8) is 0 Å². The maximum atomic E-state index is 10.9. The molecule has 2 fully saturated rings. The van der Waals surface area contributed by atoms with Crippen molar-refractivity contribution in [1.82, 2.24) is 9.80 Å². The predicted molar refractivity (Wildman–Crippen MR) is 71.6 cm³/mol. The third-order valence-corrected chi connectivity index (χ3v) is 3.93. The average Bonchev–Trinajstić information content (AvgIpc) is 3.15. The smallest absolute Gasteiger partial charge is 0.331 e. The van der Waals surface area contributed by atoms with E-state index in [0.717, 1.165) is 38.6 Å². The summed E-state index contributed by atoms with van der Waals surface area (Å²) in [7, 11) is 0. The van der Waals surface area contributed by atoms with E-state index in [2.05, 4.69) is 9.80 Å². The fraction of sp³-hybridized carbons (Fsp3) is 0.786. The Morgan fingerprint density at radius 1 is 1.22 bits per heavy atom. The van der Waals surface area contributed by atoms with E-state index in [-0.39, 0.29) is 0 Å². The van der Waals surface area contributed by atoms with E-state index < -0.39 is 5.97 Å². The van der Waals surface area contributed by atoms with E-state index in [4.69, 9.17) is 5.11 Å². The highest BCUT2D eigenvalue weighted by atomic mass is 16.4. The third kappa shape index (κ3) is 4.10. The van der Waals surface area contributed by atoms with Crippen molar-refractivity contribution < 1.29 is 9.90 Å². The predicted octanol–water partition coefficient (Wildman–Crippen LogP) is 1.43. The van der Waals surface area contributed by atoms with Gasteiger partial charge in [-0.1, -0.05) is 13.0 Å². The molecular weight excluding hydrogens is 228 g/mol. The number of carboxylic acid groups (broad SMARTS) is 1. The van der Waals surface area contributed by atoms with Crippen LogP contribution in [0, 0.1) is 5.92 Å². The number of aliphatic carboxylic acids is 1. The van der Waals surface area contributed by atoms with E-state index in [1.54, 1.807) is 0 Å². The summed E-state index contributed by atoms with van der Waals surface area (Å²) in [6.07, 6.45) is 5.32. The number of hydrogen-bond donors (Lipinski definition) is 1. The lowest BCUT2D eigenvalue weighted by atomic mass is 10.2. The zero-order chi connectivity index (χ0) is 13.0. The Balaban J connectivity index is 1.70. The van der Waals surface area contributed by atoms with Gasteiger partial charge in [-0.3, -0.25) is 4.90 Å². The van der Waals surface area contributed by atoms with Gasteiger partial charge in [-0.15, -0.1) is 0 Å². The fourth-order valence-corrected chi connectivity index (χ4v) is 2.44. The Morgan fingerprint density at radius 2 is 1.83 bits per heavy atom. The molecule has 1 saturated carbocycles. The van der Waals surface area contributed by atoms with Crippen LogP contribution in [-0.2, 0) is 4.79 Å². The minimum atomic E-state index is -0.773. The molecule has 18 heavy (non-hydrogen) atoms. The molecule has 0 atom stereocenters. The Kier molecular flexibility index (Phi) is 4.78. The van der Waals surface area contributed by atoms with Gasteiger partial charge in [-0.2, -0.15) is 0 Å². The quantitative estimate of drug-likeness (QED) is 0.726. The highest BCUT2D eigenvalue weighted by molar-refractivity contribution is 5.86. The fourth-order valence-electron chi connectivity index (χ4n) is 2.44. The minimum Gasteiger partial charge on any atom is -0.478 e. The first-order chi connectivity index (χ1) is 8.69. The topological polar surface area (TPSA) is 43.8 Å². The van der Waals surface area contributed by atoms with Crippen LogP contribution in [0.1, 0.15) is 26.2 Å². The molecule has 4 nitrogen and oxygen atoms in total. The van der Waals surface area contributed by atoms with Crippen molar-refractivity contribution in [2.75, 3.05) is 39.3 Å². The number of carboxylic acids is 1. The first kappa shape index (κ1) is 13.6. The number of rotatable bonds is 6.